The van der Waals surface area contributed by atoms with Crippen LogP contribution in [0.3, 0.4) is 0 Å². The van der Waals surface area contributed by atoms with Crippen LogP contribution in [0, 0.1) is 0 Å². The number of nitrogens with zero attached hydrogens (tertiary/aromatic N) is 1. The third-order valence-electron chi connectivity index (χ3n) is 6.66. The molecule has 1 aliphatic rings. The summed E-state index contributed by atoms with van der Waals surface area (Å²) < 4.78 is 0. The summed E-state index contributed by atoms with van der Waals surface area (Å²) >= 11 is 19.4. The zero-order chi connectivity index (χ0) is 25.5. The van der Waals surface area contributed by atoms with Crippen molar-refractivity contribution in [2.75, 3.05) is 0 Å². The van der Waals surface area contributed by atoms with E-state index in [0.717, 1.165) is 31.2 Å². The van der Waals surface area contributed by atoms with Crippen LogP contribution in [0.2, 0.25) is 15.1 Å². The molecular formula is C29H29Cl3N2O2. The van der Waals surface area contributed by atoms with Crippen molar-refractivity contribution in [2.45, 2.75) is 57.2 Å². The maximum absolute atomic E-state index is 13.9. The van der Waals surface area contributed by atoms with Gasteiger partial charge in [0, 0.05) is 39.6 Å². The summed E-state index contributed by atoms with van der Waals surface area (Å²) in [4.78, 5) is 29.2. The molecule has 188 valence electrons. The third-order valence-corrected chi connectivity index (χ3v) is 7.74. The van der Waals surface area contributed by atoms with E-state index in [1.54, 1.807) is 29.2 Å². The van der Waals surface area contributed by atoms with E-state index >= 15 is 0 Å². The maximum atomic E-state index is 13.9. The van der Waals surface area contributed by atoms with Gasteiger partial charge in [-0.15, -0.1) is 0 Å². The third kappa shape index (κ3) is 6.82. The van der Waals surface area contributed by atoms with Crippen molar-refractivity contribution in [3.05, 3.63) is 105 Å². The molecule has 7 heteroatoms. The molecule has 0 saturated heterocycles. The minimum Gasteiger partial charge on any atom is -0.352 e. The second-order valence-corrected chi connectivity index (χ2v) is 10.4. The fourth-order valence-electron chi connectivity index (χ4n) is 4.68. The molecule has 0 radical (unpaired) electrons. The highest BCUT2D eigenvalue weighted by atomic mass is 35.5. The highest BCUT2D eigenvalue weighted by molar-refractivity contribution is 6.36. The Hall–Kier alpha value is -2.53. The van der Waals surface area contributed by atoms with E-state index in [2.05, 4.69) is 5.32 Å². The van der Waals surface area contributed by atoms with Crippen molar-refractivity contribution in [1.29, 1.82) is 0 Å². The van der Waals surface area contributed by atoms with Crippen LogP contribution >= 0.6 is 34.8 Å². The van der Waals surface area contributed by atoms with Crippen molar-refractivity contribution in [2.24, 2.45) is 0 Å². The second kappa shape index (κ2) is 12.6. The van der Waals surface area contributed by atoms with Crippen molar-refractivity contribution < 1.29 is 9.59 Å². The van der Waals surface area contributed by atoms with Gasteiger partial charge in [0.05, 0.1) is 6.42 Å². The van der Waals surface area contributed by atoms with Crippen LogP contribution in [0.15, 0.2) is 72.8 Å². The molecular weight excluding hydrogens is 515 g/mol. The summed E-state index contributed by atoms with van der Waals surface area (Å²) in [6.07, 6.45) is 4.53. The van der Waals surface area contributed by atoms with Crippen LogP contribution in [0.1, 0.15) is 42.4 Å². The molecule has 1 aliphatic carbocycles. The fourth-order valence-corrected chi connectivity index (χ4v) is 5.40. The normalized spacial score (nSPS) is 14.4. The molecule has 2 amide bonds. The SMILES string of the molecule is O=C(NC1CCCC1)C(Cc1ccccc1)N(Cc1c(Cl)cccc1Cl)C(=O)Cc1ccccc1Cl. The van der Waals surface area contributed by atoms with Crippen LogP contribution in [0.4, 0.5) is 0 Å². The van der Waals surface area contributed by atoms with Crippen LogP contribution in [0.25, 0.3) is 0 Å². The Kier molecular flexibility index (Phi) is 9.30. The van der Waals surface area contributed by atoms with E-state index in [-0.39, 0.29) is 30.8 Å². The highest BCUT2D eigenvalue weighted by Crippen LogP contribution is 2.28. The van der Waals surface area contributed by atoms with Crippen molar-refractivity contribution in [3.8, 4) is 0 Å². The van der Waals surface area contributed by atoms with Gasteiger partial charge in [0.25, 0.3) is 0 Å². The van der Waals surface area contributed by atoms with Crippen LogP contribution in [-0.4, -0.2) is 28.8 Å². The molecule has 1 fully saturated rings. The number of carbonyl (C=O) groups is 2. The summed E-state index contributed by atoms with van der Waals surface area (Å²) in [6.45, 7) is 0.109. The fraction of sp³-hybridized carbons (Fsp3) is 0.310. The molecule has 4 nitrogen and oxygen atoms in total. The lowest BCUT2D eigenvalue weighted by molar-refractivity contribution is -0.141. The molecule has 0 heterocycles. The molecule has 0 spiro atoms. The summed E-state index contributed by atoms with van der Waals surface area (Å²) in [7, 11) is 0. The Bertz CT molecular complexity index is 1180. The molecule has 0 bridgehead atoms. The summed E-state index contributed by atoms with van der Waals surface area (Å²) in [5.74, 6) is -0.386. The van der Waals surface area contributed by atoms with Crippen molar-refractivity contribution in [1.82, 2.24) is 10.2 Å². The van der Waals surface area contributed by atoms with E-state index in [0.29, 0.717) is 32.6 Å². The smallest absolute Gasteiger partial charge is 0.243 e. The number of halogens is 3. The van der Waals surface area contributed by atoms with Gasteiger partial charge in [0.15, 0.2) is 0 Å². The standard InChI is InChI=1S/C29H29Cl3N2O2/c30-24-14-7-4-11-21(24)18-28(35)34(19-23-25(31)15-8-16-26(23)32)27(17-20-9-2-1-3-10-20)29(36)33-22-12-5-6-13-22/h1-4,7-11,14-16,22,27H,5-6,12-13,17-19H2,(H,33,36). The van der Waals surface area contributed by atoms with Crippen LogP contribution < -0.4 is 5.32 Å². The van der Waals surface area contributed by atoms with Gasteiger partial charge in [-0.2, -0.15) is 0 Å². The van der Waals surface area contributed by atoms with Gasteiger partial charge in [0.2, 0.25) is 11.8 Å². The lowest BCUT2D eigenvalue weighted by Crippen LogP contribution is -2.52. The molecule has 4 rings (SSSR count). The van der Waals surface area contributed by atoms with Crippen molar-refractivity contribution in [3.63, 3.8) is 0 Å². The van der Waals surface area contributed by atoms with E-state index in [1.807, 2.05) is 48.5 Å². The second-order valence-electron chi connectivity index (χ2n) is 9.19. The largest absolute Gasteiger partial charge is 0.352 e. The number of carbonyl (C=O) groups excluding carboxylic acids is 2. The number of rotatable bonds is 9. The Labute approximate surface area is 227 Å². The van der Waals surface area contributed by atoms with Gasteiger partial charge in [-0.25, -0.2) is 0 Å². The summed E-state index contributed by atoms with van der Waals surface area (Å²) in [6, 6.07) is 21.6. The highest BCUT2D eigenvalue weighted by Gasteiger charge is 2.33. The monoisotopic (exact) mass is 542 g/mol. The number of nitrogens with one attached hydrogen (secondary N) is 1. The molecule has 1 unspecified atom stereocenters. The van der Waals surface area contributed by atoms with E-state index in [4.69, 9.17) is 34.8 Å². The average molecular weight is 544 g/mol. The quantitative estimate of drug-likeness (QED) is 0.319. The van der Waals surface area contributed by atoms with Gasteiger partial charge in [-0.1, -0.05) is 102 Å². The topological polar surface area (TPSA) is 49.4 Å². The lowest BCUT2D eigenvalue weighted by atomic mass is 10.0. The maximum Gasteiger partial charge on any atom is 0.243 e. The van der Waals surface area contributed by atoms with Crippen LogP contribution in [-0.2, 0) is 29.0 Å². The van der Waals surface area contributed by atoms with Gasteiger partial charge in [-0.05, 0) is 42.2 Å². The lowest BCUT2D eigenvalue weighted by Gasteiger charge is -2.33. The van der Waals surface area contributed by atoms with Crippen molar-refractivity contribution >= 4 is 46.6 Å². The average Bonchev–Trinajstić information content (AvgIpc) is 3.38. The number of hydrogen-bond donors (Lipinski definition) is 1. The predicted octanol–water partition coefficient (Wildman–Crippen LogP) is 6.89. The Morgan fingerprint density at radius 2 is 1.44 bits per heavy atom. The van der Waals surface area contributed by atoms with Gasteiger partial charge in [0.1, 0.15) is 6.04 Å². The molecule has 1 saturated carbocycles. The first kappa shape index (κ1) is 26.5. The number of hydrogen-bond acceptors (Lipinski definition) is 2. The molecule has 36 heavy (non-hydrogen) atoms. The molecule has 3 aromatic rings. The summed E-state index contributed by atoms with van der Waals surface area (Å²) in [5.41, 5.74) is 2.28. The molecule has 0 aromatic heterocycles. The first-order valence-corrected chi connectivity index (χ1v) is 13.4. The zero-order valence-corrected chi connectivity index (χ0v) is 22.2. The molecule has 1 atom stereocenters. The zero-order valence-electron chi connectivity index (χ0n) is 19.9. The predicted molar refractivity (Wildman–Crippen MR) is 147 cm³/mol. The van der Waals surface area contributed by atoms with Gasteiger partial charge >= 0.3 is 0 Å². The summed E-state index contributed by atoms with van der Waals surface area (Å²) in [5, 5.41) is 4.61. The first-order chi connectivity index (χ1) is 17.4. The number of benzene rings is 3. The number of amides is 2. The van der Waals surface area contributed by atoms with E-state index in [9.17, 15) is 9.59 Å². The Morgan fingerprint density at radius 3 is 2.11 bits per heavy atom. The van der Waals surface area contributed by atoms with Crippen LogP contribution in [0.5, 0.6) is 0 Å². The molecule has 1 N–H and O–H groups in total. The molecule has 0 aliphatic heterocycles. The van der Waals surface area contributed by atoms with Gasteiger partial charge in [-0.3, -0.25) is 9.59 Å². The Balaban J connectivity index is 1.71. The Morgan fingerprint density at radius 1 is 0.833 bits per heavy atom. The molecule has 3 aromatic carbocycles. The minimum atomic E-state index is -0.740. The first-order valence-electron chi connectivity index (χ1n) is 12.2. The van der Waals surface area contributed by atoms with E-state index in [1.165, 1.54) is 0 Å². The van der Waals surface area contributed by atoms with E-state index < -0.39 is 6.04 Å². The minimum absolute atomic E-state index is 0.0593. The van der Waals surface area contributed by atoms with Gasteiger partial charge < -0.3 is 10.2 Å².